The van der Waals surface area contributed by atoms with Crippen LogP contribution in [-0.4, -0.2) is 72.8 Å². The maximum absolute atomic E-state index is 13.6. The standard InChI is InChI=1S/C19H26FN3O3S/c1-2-17(24)23-16(13-27-19(23)14-4-3-5-15(20)12-14)18(25)21-6-7-22-8-10-26-11-9-22/h3-5,12,16,19H,2,6-11,13H2,1H3,(H,21,25). The van der Waals surface area contributed by atoms with Gasteiger partial charge in [0.05, 0.1) is 13.2 Å². The van der Waals surface area contributed by atoms with Gasteiger partial charge in [0, 0.05) is 38.4 Å². The summed E-state index contributed by atoms with van der Waals surface area (Å²) in [6.07, 6.45) is 0.309. The van der Waals surface area contributed by atoms with E-state index < -0.39 is 6.04 Å². The van der Waals surface area contributed by atoms with Crippen molar-refractivity contribution >= 4 is 23.6 Å². The topological polar surface area (TPSA) is 61.9 Å². The monoisotopic (exact) mass is 395 g/mol. The van der Waals surface area contributed by atoms with E-state index in [1.165, 1.54) is 23.9 Å². The van der Waals surface area contributed by atoms with Crippen LogP contribution in [0.4, 0.5) is 4.39 Å². The molecule has 1 aromatic rings. The van der Waals surface area contributed by atoms with Gasteiger partial charge in [-0.25, -0.2) is 4.39 Å². The van der Waals surface area contributed by atoms with Crippen molar-refractivity contribution in [1.82, 2.24) is 15.1 Å². The van der Waals surface area contributed by atoms with Gasteiger partial charge in [-0.1, -0.05) is 19.1 Å². The van der Waals surface area contributed by atoms with Crippen LogP contribution in [0.1, 0.15) is 24.3 Å². The van der Waals surface area contributed by atoms with Crippen molar-refractivity contribution in [3.8, 4) is 0 Å². The van der Waals surface area contributed by atoms with Crippen LogP contribution in [0.2, 0.25) is 0 Å². The Labute approximate surface area is 163 Å². The zero-order valence-electron chi connectivity index (χ0n) is 15.5. The molecule has 0 saturated carbocycles. The highest BCUT2D eigenvalue weighted by atomic mass is 32.2. The summed E-state index contributed by atoms with van der Waals surface area (Å²) in [7, 11) is 0. The molecule has 27 heavy (non-hydrogen) atoms. The molecule has 2 fully saturated rings. The second-order valence-corrected chi connectivity index (χ2v) is 7.77. The maximum atomic E-state index is 13.6. The summed E-state index contributed by atoms with van der Waals surface area (Å²) in [6.45, 7) is 6.28. The van der Waals surface area contributed by atoms with E-state index in [9.17, 15) is 14.0 Å². The maximum Gasteiger partial charge on any atom is 0.243 e. The number of ether oxygens (including phenoxy) is 1. The van der Waals surface area contributed by atoms with E-state index in [1.807, 2.05) is 0 Å². The fourth-order valence-corrected chi connectivity index (χ4v) is 4.83. The quantitative estimate of drug-likeness (QED) is 0.793. The van der Waals surface area contributed by atoms with Gasteiger partial charge in [-0.3, -0.25) is 14.5 Å². The molecule has 3 rings (SSSR count). The van der Waals surface area contributed by atoms with Gasteiger partial charge in [0.25, 0.3) is 0 Å². The third-order valence-corrected chi connectivity index (χ3v) is 6.18. The van der Waals surface area contributed by atoms with Gasteiger partial charge in [-0.05, 0) is 17.7 Å². The van der Waals surface area contributed by atoms with Gasteiger partial charge in [-0.2, -0.15) is 0 Å². The summed E-state index contributed by atoms with van der Waals surface area (Å²) in [5.41, 5.74) is 0.713. The van der Waals surface area contributed by atoms with Gasteiger partial charge in [-0.15, -0.1) is 11.8 Å². The van der Waals surface area contributed by atoms with Gasteiger partial charge in [0.1, 0.15) is 17.2 Å². The van der Waals surface area contributed by atoms with Crippen molar-refractivity contribution in [3.05, 3.63) is 35.6 Å². The third-order valence-electron chi connectivity index (χ3n) is 4.86. The van der Waals surface area contributed by atoms with E-state index in [1.54, 1.807) is 24.0 Å². The summed E-state index contributed by atoms with van der Waals surface area (Å²) in [5.74, 6) is -0.0643. The first kappa shape index (κ1) is 20.1. The molecule has 2 aliphatic heterocycles. The van der Waals surface area contributed by atoms with Crippen LogP contribution in [-0.2, 0) is 14.3 Å². The molecule has 0 aromatic heterocycles. The molecule has 148 valence electrons. The van der Waals surface area contributed by atoms with E-state index in [2.05, 4.69) is 10.2 Å². The predicted octanol–water partition coefficient (Wildman–Crippen LogP) is 1.63. The number of nitrogens with one attached hydrogen (secondary N) is 1. The lowest BCUT2D eigenvalue weighted by Gasteiger charge is -2.29. The first-order chi connectivity index (χ1) is 13.1. The molecule has 2 unspecified atom stereocenters. The van der Waals surface area contributed by atoms with Crippen LogP contribution in [0.25, 0.3) is 0 Å². The second-order valence-electron chi connectivity index (χ2n) is 6.66. The molecule has 2 amide bonds. The van der Waals surface area contributed by atoms with Crippen molar-refractivity contribution < 1.29 is 18.7 Å². The summed E-state index contributed by atoms with van der Waals surface area (Å²) < 4.78 is 18.9. The summed E-state index contributed by atoms with van der Waals surface area (Å²) in [5, 5.41) is 2.63. The molecule has 1 N–H and O–H groups in total. The minimum absolute atomic E-state index is 0.0948. The van der Waals surface area contributed by atoms with Gasteiger partial charge >= 0.3 is 0 Å². The third kappa shape index (κ3) is 5.00. The molecular formula is C19H26FN3O3S. The number of rotatable bonds is 6. The van der Waals surface area contributed by atoms with E-state index in [0.29, 0.717) is 24.3 Å². The largest absolute Gasteiger partial charge is 0.379 e. The molecule has 2 aliphatic rings. The molecule has 2 saturated heterocycles. The number of thioether (sulfide) groups is 1. The van der Waals surface area contributed by atoms with Gasteiger partial charge in [0.15, 0.2) is 0 Å². The van der Waals surface area contributed by atoms with Crippen LogP contribution < -0.4 is 5.32 Å². The Bertz CT molecular complexity index is 669. The number of carbonyl (C=O) groups excluding carboxylic acids is 2. The first-order valence-electron chi connectivity index (χ1n) is 9.36. The molecule has 0 spiro atoms. The van der Waals surface area contributed by atoms with Crippen molar-refractivity contribution in [2.45, 2.75) is 24.8 Å². The first-order valence-corrected chi connectivity index (χ1v) is 10.4. The summed E-state index contributed by atoms with van der Waals surface area (Å²) in [4.78, 5) is 29.1. The Morgan fingerprint density at radius 1 is 1.33 bits per heavy atom. The van der Waals surface area contributed by atoms with Crippen LogP contribution >= 0.6 is 11.8 Å². The molecule has 2 heterocycles. The van der Waals surface area contributed by atoms with Crippen molar-refractivity contribution in [1.29, 1.82) is 0 Å². The Hall–Kier alpha value is -1.64. The van der Waals surface area contributed by atoms with Crippen molar-refractivity contribution in [3.63, 3.8) is 0 Å². The fraction of sp³-hybridized carbons (Fsp3) is 0.579. The van der Waals surface area contributed by atoms with Crippen LogP contribution in [0.5, 0.6) is 0 Å². The van der Waals surface area contributed by atoms with Crippen LogP contribution in [0, 0.1) is 5.82 Å². The van der Waals surface area contributed by atoms with Crippen molar-refractivity contribution in [2.24, 2.45) is 0 Å². The Balaban J connectivity index is 1.62. The lowest BCUT2D eigenvalue weighted by molar-refractivity contribution is -0.139. The number of hydrogen-bond donors (Lipinski definition) is 1. The minimum Gasteiger partial charge on any atom is -0.379 e. The highest BCUT2D eigenvalue weighted by Gasteiger charge is 2.41. The number of amides is 2. The number of halogens is 1. The number of benzene rings is 1. The molecular weight excluding hydrogens is 369 g/mol. The van der Waals surface area contributed by atoms with Gasteiger partial charge < -0.3 is 15.0 Å². The van der Waals surface area contributed by atoms with Crippen molar-refractivity contribution in [2.75, 3.05) is 45.1 Å². The SMILES string of the molecule is CCC(=O)N1C(C(=O)NCCN2CCOCC2)CSC1c1cccc(F)c1. The normalized spacial score (nSPS) is 23.4. The van der Waals surface area contributed by atoms with E-state index in [0.717, 1.165) is 32.8 Å². The zero-order valence-corrected chi connectivity index (χ0v) is 16.3. The minimum atomic E-state index is -0.527. The Morgan fingerprint density at radius 2 is 2.11 bits per heavy atom. The van der Waals surface area contributed by atoms with Gasteiger partial charge in [0.2, 0.25) is 11.8 Å². The average Bonchev–Trinajstić information content (AvgIpc) is 3.13. The summed E-state index contributed by atoms with van der Waals surface area (Å²) >= 11 is 1.50. The molecule has 8 heteroatoms. The van der Waals surface area contributed by atoms with E-state index >= 15 is 0 Å². The second kappa shape index (κ2) is 9.52. The van der Waals surface area contributed by atoms with Crippen LogP contribution in [0.3, 0.4) is 0 Å². The lowest BCUT2D eigenvalue weighted by atomic mass is 10.1. The predicted molar refractivity (Wildman–Crippen MR) is 103 cm³/mol. The average molecular weight is 395 g/mol. The Kier molecular flexibility index (Phi) is 7.09. The number of nitrogens with zero attached hydrogens (tertiary/aromatic N) is 2. The zero-order chi connectivity index (χ0) is 19.2. The van der Waals surface area contributed by atoms with E-state index in [-0.39, 0.29) is 23.0 Å². The van der Waals surface area contributed by atoms with E-state index in [4.69, 9.17) is 4.74 Å². The molecule has 6 nitrogen and oxygen atoms in total. The molecule has 0 radical (unpaired) electrons. The number of hydrogen-bond acceptors (Lipinski definition) is 5. The molecule has 2 atom stereocenters. The molecule has 0 aliphatic carbocycles. The highest BCUT2D eigenvalue weighted by Crippen LogP contribution is 2.41. The molecule has 0 bridgehead atoms. The molecule has 1 aromatic carbocycles. The number of carbonyl (C=O) groups is 2. The fourth-order valence-electron chi connectivity index (χ4n) is 3.39. The summed E-state index contributed by atoms with van der Waals surface area (Å²) in [6, 6.07) is 5.72. The van der Waals surface area contributed by atoms with Crippen LogP contribution in [0.15, 0.2) is 24.3 Å². The smallest absolute Gasteiger partial charge is 0.243 e. The highest BCUT2D eigenvalue weighted by molar-refractivity contribution is 7.99. The Morgan fingerprint density at radius 3 is 2.81 bits per heavy atom. The lowest BCUT2D eigenvalue weighted by Crippen LogP contribution is -2.49. The number of morpholine rings is 1.